The molecular weight excluding hydrogens is 1090 g/mol. The molecule has 8 rings (SSSR count). The van der Waals surface area contributed by atoms with Crippen molar-refractivity contribution in [3.05, 3.63) is 223 Å². The topological polar surface area (TPSA) is 142 Å². The van der Waals surface area contributed by atoms with Gasteiger partial charge in [-0.2, -0.15) is 10.2 Å². The monoisotopic (exact) mass is 1230 g/mol. The first kappa shape index (κ1) is 101. The quantitative estimate of drug-likeness (QED) is 0.143. The molecule has 0 radical (unpaired) electrons. The summed E-state index contributed by atoms with van der Waals surface area (Å²) < 4.78 is 0. The standard InChI is InChI=1S/C9H12.3C8H11N.4C7H10N2.8C2H6.CH4/c1-8(2)9-6-4-3-5-7-9;1-7(2)8-3-5-9-6-4-8;1-7(2)8-4-3-5-9-6-8;1-7(2)8-5-3-4-6-9-8;1-6(2)7-3-8-5-9-4-7;1-6(2)7-5-8-3-4-9-7;1-6(2)7-3-4-8-5-9-7;1-6(2)7-4-3-5-8-9-7;8*1-2;/h3-8H,1-2H3;3*3-7H,1-2H3;4*3-6H,1-2H3;8*1-2H3;1H4. The molecule has 0 aliphatic rings. The Hall–Kier alpha value is -7.01. The maximum atomic E-state index is 4.18. The minimum absolute atomic E-state index is 0. The zero-order valence-corrected chi connectivity index (χ0v) is 62.3. The first-order valence-electron chi connectivity index (χ1n) is 33.2. The summed E-state index contributed by atoms with van der Waals surface area (Å²) in [6.45, 7) is 66.2. The van der Waals surface area contributed by atoms with Gasteiger partial charge in [0.1, 0.15) is 12.7 Å². The lowest BCUT2D eigenvalue weighted by atomic mass is 10.0. The van der Waals surface area contributed by atoms with Crippen LogP contribution in [0.5, 0.6) is 0 Å². The molecule has 0 saturated carbocycles. The Bertz CT molecular complexity index is 1870. The molecule has 0 bridgehead atoms. The van der Waals surface area contributed by atoms with E-state index < -0.39 is 0 Å². The molecule has 89 heavy (non-hydrogen) atoms. The zero-order valence-electron chi connectivity index (χ0n) is 62.3. The Morgan fingerprint density at radius 1 is 0.225 bits per heavy atom. The van der Waals surface area contributed by atoms with E-state index in [-0.39, 0.29) is 7.43 Å². The number of rotatable bonds is 8. The largest absolute Gasteiger partial charge is 0.265 e. The van der Waals surface area contributed by atoms with Crippen molar-refractivity contribution < 1.29 is 0 Å². The van der Waals surface area contributed by atoms with Crippen molar-refractivity contribution in [2.45, 2.75) is 276 Å². The molecule has 7 aromatic heterocycles. The van der Waals surface area contributed by atoms with Crippen molar-refractivity contribution in [2.24, 2.45) is 0 Å². The third-order valence-corrected chi connectivity index (χ3v) is 10.3. The Balaban J connectivity index is -0.000000113. The summed E-state index contributed by atoms with van der Waals surface area (Å²) in [6, 6.07) is 30.5. The van der Waals surface area contributed by atoms with Crippen LogP contribution in [0.25, 0.3) is 0 Å². The van der Waals surface area contributed by atoms with Crippen LogP contribution in [-0.4, -0.2) is 55.1 Å². The Morgan fingerprint density at radius 3 is 0.876 bits per heavy atom. The maximum Gasteiger partial charge on any atom is 0.115 e. The summed E-state index contributed by atoms with van der Waals surface area (Å²) >= 11 is 0. The first-order valence-corrected chi connectivity index (χ1v) is 33.2. The number of benzene rings is 1. The number of aromatic nitrogens is 11. The average molecular weight is 1230 g/mol. The van der Waals surface area contributed by atoms with E-state index in [1.54, 1.807) is 49.8 Å². The van der Waals surface area contributed by atoms with Gasteiger partial charge in [0.25, 0.3) is 0 Å². The predicted octanol–water partition coefficient (Wildman–Crippen LogP) is 24.7. The van der Waals surface area contributed by atoms with Gasteiger partial charge in [0.2, 0.25) is 0 Å². The smallest absolute Gasteiger partial charge is 0.115 e. The van der Waals surface area contributed by atoms with Crippen LogP contribution in [0.1, 0.15) is 321 Å². The minimum atomic E-state index is 0. The number of hydrogen-bond donors (Lipinski definition) is 0. The van der Waals surface area contributed by atoms with Crippen LogP contribution in [-0.2, 0) is 0 Å². The summed E-state index contributed by atoms with van der Waals surface area (Å²) in [7, 11) is 0. The lowest BCUT2D eigenvalue weighted by Crippen LogP contribution is -1.92. The molecule has 0 spiro atoms. The van der Waals surface area contributed by atoms with E-state index in [1.807, 2.05) is 209 Å². The van der Waals surface area contributed by atoms with Gasteiger partial charge in [-0.25, -0.2) is 19.9 Å². The summed E-state index contributed by atoms with van der Waals surface area (Å²) in [6.07, 6.45) is 24.7. The second-order valence-corrected chi connectivity index (χ2v) is 19.1. The lowest BCUT2D eigenvalue weighted by molar-refractivity contribution is 0.785. The van der Waals surface area contributed by atoms with Crippen LogP contribution in [0.4, 0.5) is 0 Å². The van der Waals surface area contributed by atoms with E-state index in [0.717, 1.165) is 22.8 Å². The Labute approximate surface area is 551 Å². The zero-order chi connectivity index (χ0) is 69.5. The van der Waals surface area contributed by atoms with Gasteiger partial charge in [-0.05, 0) is 118 Å². The van der Waals surface area contributed by atoms with Crippen molar-refractivity contribution >= 4 is 0 Å². The highest BCUT2D eigenvalue weighted by Crippen LogP contribution is 2.14. The molecular formula is C78H137N11. The van der Waals surface area contributed by atoms with Crippen LogP contribution >= 0.6 is 0 Å². The van der Waals surface area contributed by atoms with Crippen molar-refractivity contribution in [1.29, 1.82) is 0 Å². The van der Waals surface area contributed by atoms with E-state index in [0.29, 0.717) is 47.3 Å². The van der Waals surface area contributed by atoms with E-state index >= 15 is 0 Å². The summed E-state index contributed by atoms with van der Waals surface area (Å²) in [4.78, 5) is 35.8. The highest BCUT2D eigenvalue weighted by atomic mass is 15.1. The molecule has 0 aliphatic heterocycles. The number of hydrogen-bond acceptors (Lipinski definition) is 11. The van der Waals surface area contributed by atoms with Gasteiger partial charge in [-0.15, -0.1) is 0 Å². The first-order chi connectivity index (χ1) is 42.4. The fraction of sp³-hybridized carbons (Fsp3) is 0.526. The molecule has 8 aromatic rings. The Kier molecular flexibility index (Phi) is 89.6. The second-order valence-electron chi connectivity index (χ2n) is 19.1. The van der Waals surface area contributed by atoms with Gasteiger partial charge >= 0.3 is 0 Å². The highest BCUT2D eigenvalue weighted by Gasteiger charge is 2.00. The Morgan fingerprint density at radius 2 is 0.607 bits per heavy atom. The number of pyridine rings is 3. The second kappa shape index (κ2) is 79.0. The SMILES string of the molecule is C.CC.CC.CC.CC.CC.CC.CC.CC.CC(C)c1ccccc1.CC(C)c1ccccn1.CC(C)c1cccnc1.CC(C)c1cccnn1.CC(C)c1ccncc1.CC(C)c1ccncn1.CC(C)c1cnccn1.CC(C)c1cncnc1. The normalized spacial score (nSPS) is 8.72. The molecule has 11 nitrogen and oxygen atoms in total. The van der Waals surface area contributed by atoms with Gasteiger partial charge in [0.05, 0.1) is 11.4 Å². The third-order valence-electron chi connectivity index (χ3n) is 10.3. The predicted molar refractivity (Wildman–Crippen MR) is 398 cm³/mol. The van der Waals surface area contributed by atoms with Gasteiger partial charge in [0.15, 0.2) is 0 Å². The molecule has 0 N–H and O–H groups in total. The molecule has 0 saturated heterocycles. The minimum Gasteiger partial charge on any atom is -0.265 e. The van der Waals surface area contributed by atoms with Crippen molar-refractivity contribution in [3.8, 4) is 0 Å². The van der Waals surface area contributed by atoms with E-state index in [1.165, 1.54) is 22.3 Å². The summed E-state index contributed by atoms with van der Waals surface area (Å²) in [5.41, 5.74) is 9.63. The third kappa shape index (κ3) is 63.8. The molecule has 7 heterocycles. The van der Waals surface area contributed by atoms with Crippen molar-refractivity contribution in [2.75, 3.05) is 0 Å². The number of nitrogens with zero attached hydrogens (tertiary/aromatic N) is 11. The molecule has 0 atom stereocenters. The van der Waals surface area contributed by atoms with Gasteiger partial charge in [0, 0.05) is 85.7 Å². The fourth-order valence-corrected chi connectivity index (χ4v) is 5.50. The maximum absolute atomic E-state index is 4.18. The van der Waals surface area contributed by atoms with Gasteiger partial charge < -0.3 is 0 Å². The van der Waals surface area contributed by atoms with Crippen LogP contribution in [0.2, 0.25) is 0 Å². The molecule has 0 amide bonds. The fourth-order valence-electron chi connectivity index (χ4n) is 5.50. The van der Waals surface area contributed by atoms with E-state index in [4.69, 9.17) is 0 Å². The lowest BCUT2D eigenvalue weighted by Gasteiger charge is -2.01. The van der Waals surface area contributed by atoms with E-state index in [2.05, 4.69) is 196 Å². The van der Waals surface area contributed by atoms with Gasteiger partial charge in [-0.3, -0.25) is 24.9 Å². The van der Waals surface area contributed by atoms with Gasteiger partial charge in [-0.1, -0.05) is 271 Å². The molecule has 0 aliphatic carbocycles. The summed E-state index contributed by atoms with van der Waals surface area (Å²) in [5.74, 6) is 4.43. The van der Waals surface area contributed by atoms with Crippen LogP contribution in [0, 0.1) is 0 Å². The van der Waals surface area contributed by atoms with Crippen LogP contribution < -0.4 is 0 Å². The highest BCUT2D eigenvalue weighted by molar-refractivity contribution is 5.18. The van der Waals surface area contributed by atoms with Crippen molar-refractivity contribution in [1.82, 2.24) is 55.1 Å². The molecule has 504 valence electrons. The molecule has 1 aromatic carbocycles. The summed E-state index contributed by atoms with van der Waals surface area (Å²) in [5, 5.41) is 7.68. The van der Waals surface area contributed by atoms with E-state index in [9.17, 15) is 0 Å². The van der Waals surface area contributed by atoms with Crippen LogP contribution in [0.3, 0.4) is 0 Å². The van der Waals surface area contributed by atoms with Crippen molar-refractivity contribution in [3.63, 3.8) is 0 Å². The molecule has 11 heteroatoms. The molecule has 0 fully saturated rings. The average Bonchev–Trinajstić information content (AvgIpc) is 3.63. The molecule has 0 unspecified atom stereocenters. The van der Waals surface area contributed by atoms with Crippen LogP contribution in [0.15, 0.2) is 178 Å².